The maximum atomic E-state index is 12.9. The molecule has 6 N–H and O–H groups in total. The molecule has 2 aromatic heterocycles. The molecule has 234 valence electrons. The van der Waals surface area contributed by atoms with E-state index in [-0.39, 0.29) is 67.4 Å². The Balaban J connectivity index is 1.46. The van der Waals surface area contributed by atoms with Gasteiger partial charge in [0, 0.05) is 38.4 Å². The van der Waals surface area contributed by atoms with E-state index in [1.165, 1.54) is 74.8 Å². The molecule has 0 amide bonds. The SMILES string of the molecule is CN/N=C(/c1nc2ccc([N+](=O)[O-])cc2[nH]c1=O)C(O)c1ccc(C(O)/C(=N/NC)c2nc3ccc([N+](=O)[O-])cc3[nH]c2=O)cc1. The summed E-state index contributed by atoms with van der Waals surface area (Å²) < 4.78 is 0. The number of nitro groups is 2. The molecule has 0 fully saturated rings. The largest absolute Gasteiger partial charge is 0.382 e. The number of hydrazone groups is 2. The molecule has 0 aliphatic heterocycles. The van der Waals surface area contributed by atoms with Crippen LogP contribution in [-0.2, 0) is 0 Å². The Kier molecular flexibility index (Phi) is 8.56. The Morgan fingerprint density at radius 2 is 1.09 bits per heavy atom. The van der Waals surface area contributed by atoms with Crippen LogP contribution in [0, 0.1) is 20.2 Å². The Hall–Kier alpha value is -6.40. The molecule has 5 aromatic rings. The van der Waals surface area contributed by atoms with E-state index in [0.29, 0.717) is 0 Å². The fourth-order valence-electron chi connectivity index (χ4n) is 4.63. The third-order valence-corrected chi connectivity index (χ3v) is 6.81. The number of hydrogen-bond donors (Lipinski definition) is 6. The molecule has 46 heavy (non-hydrogen) atoms. The number of hydrogen-bond acceptors (Lipinski definition) is 14. The Morgan fingerprint density at radius 3 is 1.41 bits per heavy atom. The average molecular weight is 629 g/mol. The van der Waals surface area contributed by atoms with Gasteiger partial charge < -0.3 is 31.0 Å². The van der Waals surface area contributed by atoms with Crippen molar-refractivity contribution in [2.75, 3.05) is 14.1 Å². The lowest BCUT2D eigenvalue weighted by Crippen LogP contribution is -2.28. The van der Waals surface area contributed by atoms with Crippen molar-refractivity contribution in [2.24, 2.45) is 10.2 Å². The van der Waals surface area contributed by atoms with Gasteiger partial charge in [0.15, 0.2) is 11.4 Å². The average Bonchev–Trinajstić information content (AvgIpc) is 3.04. The van der Waals surface area contributed by atoms with Crippen molar-refractivity contribution in [3.05, 3.63) is 124 Å². The van der Waals surface area contributed by atoms with Gasteiger partial charge in [-0.3, -0.25) is 29.8 Å². The van der Waals surface area contributed by atoms with Crippen LogP contribution in [0.3, 0.4) is 0 Å². The fraction of sp³-hybridized carbons (Fsp3) is 0.143. The van der Waals surface area contributed by atoms with Crippen molar-refractivity contribution in [1.29, 1.82) is 0 Å². The molecule has 18 heteroatoms. The second-order valence-electron chi connectivity index (χ2n) is 9.66. The van der Waals surface area contributed by atoms with Crippen molar-refractivity contribution in [2.45, 2.75) is 12.2 Å². The first-order chi connectivity index (χ1) is 22.0. The highest BCUT2D eigenvalue weighted by molar-refractivity contribution is 6.04. The van der Waals surface area contributed by atoms with Gasteiger partial charge in [0.1, 0.15) is 23.6 Å². The number of aromatic amines is 2. The number of non-ortho nitro benzene ring substituents is 2. The number of benzene rings is 3. The molecule has 2 unspecified atom stereocenters. The minimum absolute atomic E-state index is 0.125. The third kappa shape index (κ3) is 6.00. The van der Waals surface area contributed by atoms with Crippen LogP contribution in [0.1, 0.15) is 34.7 Å². The monoisotopic (exact) mass is 628 g/mol. The zero-order valence-corrected chi connectivity index (χ0v) is 24.0. The van der Waals surface area contributed by atoms with E-state index in [4.69, 9.17) is 0 Å². The lowest BCUT2D eigenvalue weighted by molar-refractivity contribution is -0.384. The lowest BCUT2D eigenvalue weighted by atomic mass is 9.97. The molecule has 5 rings (SSSR count). The molecule has 2 atom stereocenters. The van der Waals surface area contributed by atoms with Gasteiger partial charge in [-0.1, -0.05) is 24.3 Å². The number of aliphatic hydroxyl groups is 2. The van der Waals surface area contributed by atoms with E-state index < -0.39 is 33.2 Å². The summed E-state index contributed by atoms with van der Waals surface area (Å²) in [7, 11) is 2.91. The van der Waals surface area contributed by atoms with Crippen LogP contribution >= 0.6 is 0 Å². The number of nitrogens with one attached hydrogen (secondary N) is 4. The third-order valence-electron chi connectivity index (χ3n) is 6.81. The van der Waals surface area contributed by atoms with Crippen molar-refractivity contribution in [3.8, 4) is 0 Å². The van der Waals surface area contributed by atoms with Crippen LogP contribution in [0.5, 0.6) is 0 Å². The van der Waals surface area contributed by atoms with Crippen LogP contribution in [0.2, 0.25) is 0 Å². The second-order valence-corrected chi connectivity index (χ2v) is 9.66. The van der Waals surface area contributed by atoms with Gasteiger partial charge >= 0.3 is 0 Å². The highest BCUT2D eigenvalue weighted by Gasteiger charge is 2.26. The quantitative estimate of drug-likeness (QED) is 0.0725. The summed E-state index contributed by atoms with van der Waals surface area (Å²) in [5, 5.41) is 52.8. The zero-order chi connectivity index (χ0) is 33.1. The van der Waals surface area contributed by atoms with E-state index >= 15 is 0 Å². The summed E-state index contributed by atoms with van der Waals surface area (Å²) in [5.41, 5.74) is 3.53. The normalized spacial score (nSPS) is 13.4. The summed E-state index contributed by atoms with van der Waals surface area (Å²) >= 11 is 0. The van der Waals surface area contributed by atoms with Crippen molar-refractivity contribution in [3.63, 3.8) is 0 Å². The van der Waals surface area contributed by atoms with Gasteiger partial charge in [0.2, 0.25) is 0 Å². The molecule has 0 bridgehead atoms. The summed E-state index contributed by atoms with van der Waals surface area (Å²) in [6.45, 7) is 0. The molecular formula is C28H24N10O8. The number of nitrogens with zero attached hydrogens (tertiary/aromatic N) is 6. The van der Waals surface area contributed by atoms with Crippen molar-refractivity contribution < 1.29 is 20.1 Å². The predicted octanol–water partition coefficient (Wildman–Crippen LogP) is 1.29. The van der Waals surface area contributed by atoms with Crippen molar-refractivity contribution in [1.82, 2.24) is 30.8 Å². The molecule has 3 aromatic carbocycles. The molecule has 0 radical (unpaired) electrons. The topological polar surface area (TPSA) is 267 Å². The van der Waals surface area contributed by atoms with Crippen LogP contribution in [0.15, 0.2) is 80.5 Å². The zero-order valence-electron chi connectivity index (χ0n) is 24.0. The molecule has 0 aliphatic rings. The smallest absolute Gasteiger partial charge is 0.276 e. The molecule has 0 saturated heterocycles. The molecule has 2 heterocycles. The van der Waals surface area contributed by atoms with E-state index in [2.05, 4.69) is 41.0 Å². The number of fused-ring (bicyclic) bond motifs is 2. The number of aliphatic hydroxyl groups excluding tert-OH is 2. The standard InChI is InChI=1S/C28H24N10O8/c1-29-35-21(23-27(41)33-19-11-15(37(43)44)7-9-17(19)31-23)25(39)13-3-5-14(6-4-13)26(40)22(36-30-2)24-28(42)34-20-12-16(38(45)46)8-10-18(20)32-24/h3-12,25-26,29-30,39-40H,1-2H3,(H,33,41)(H,34,42)/b35-21-,36-22+. The number of H-pyrrole nitrogens is 2. The van der Waals surface area contributed by atoms with Gasteiger partial charge in [0.05, 0.1) is 31.9 Å². The van der Waals surface area contributed by atoms with Crippen LogP contribution in [0.4, 0.5) is 11.4 Å². The van der Waals surface area contributed by atoms with Crippen LogP contribution in [-0.4, -0.2) is 65.5 Å². The first-order valence-corrected chi connectivity index (χ1v) is 13.3. The summed E-state index contributed by atoms with van der Waals surface area (Å²) in [4.78, 5) is 60.4. The van der Waals surface area contributed by atoms with E-state index in [1.807, 2.05) is 0 Å². The lowest BCUT2D eigenvalue weighted by Gasteiger charge is -2.17. The van der Waals surface area contributed by atoms with Crippen molar-refractivity contribution >= 4 is 44.9 Å². The minimum atomic E-state index is -1.48. The Morgan fingerprint density at radius 1 is 0.717 bits per heavy atom. The molecular weight excluding hydrogens is 604 g/mol. The molecule has 18 nitrogen and oxygen atoms in total. The second kappa shape index (κ2) is 12.7. The van der Waals surface area contributed by atoms with Gasteiger partial charge in [-0.05, 0) is 23.3 Å². The first-order valence-electron chi connectivity index (χ1n) is 13.3. The number of nitro benzene ring substituents is 2. The van der Waals surface area contributed by atoms with Gasteiger partial charge in [-0.25, -0.2) is 9.97 Å². The van der Waals surface area contributed by atoms with Gasteiger partial charge in [0.25, 0.3) is 22.5 Å². The maximum Gasteiger partial charge on any atom is 0.276 e. The highest BCUT2D eigenvalue weighted by atomic mass is 16.6. The molecule has 0 aliphatic carbocycles. The maximum absolute atomic E-state index is 12.9. The predicted molar refractivity (Wildman–Crippen MR) is 166 cm³/mol. The minimum Gasteiger partial charge on any atom is -0.382 e. The van der Waals surface area contributed by atoms with Gasteiger partial charge in [-0.15, -0.1) is 0 Å². The summed E-state index contributed by atoms with van der Waals surface area (Å²) in [5.74, 6) is 0. The van der Waals surface area contributed by atoms with Crippen LogP contribution < -0.4 is 22.0 Å². The van der Waals surface area contributed by atoms with E-state index in [9.17, 15) is 40.0 Å². The Bertz CT molecular complexity index is 2020. The number of aromatic nitrogens is 4. The summed E-state index contributed by atoms with van der Waals surface area (Å²) in [6, 6.07) is 13.3. The number of rotatable bonds is 10. The van der Waals surface area contributed by atoms with E-state index in [0.717, 1.165) is 0 Å². The summed E-state index contributed by atoms with van der Waals surface area (Å²) in [6.07, 6.45) is -2.97. The Labute approximate surface area is 256 Å². The van der Waals surface area contributed by atoms with E-state index in [1.54, 1.807) is 0 Å². The molecule has 0 saturated carbocycles. The van der Waals surface area contributed by atoms with Crippen LogP contribution in [0.25, 0.3) is 22.1 Å². The van der Waals surface area contributed by atoms with Gasteiger partial charge in [-0.2, -0.15) is 10.2 Å². The fourth-order valence-corrected chi connectivity index (χ4v) is 4.63. The molecule has 0 spiro atoms. The first kappa shape index (κ1) is 31.0. The highest BCUT2D eigenvalue weighted by Crippen LogP contribution is 2.24.